The molecule has 4 heteroatoms. The summed E-state index contributed by atoms with van der Waals surface area (Å²) in [5.41, 5.74) is 6.91. The van der Waals surface area contributed by atoms with Gasteiger partial charge in [0.15, 0.2) is 0 Å². The van der Waals surface area contributed by atoms with Gasteiger partial charge in [-0.2, -0.15) is 0 Å². The lowest BCUT2D eigenvalue weighted by Crippen LogP contribution is -2.07. The number of rotatable bonds is 4. The van der Waals surface area contributed by atoms with E-state index >= 15 is 0 Å². The molecule has 1 heterocycles. The Labute approximate surface area is 114 Å². The lowest BCUT2D eigenvalue weighted by atomic mass is 9.94. The van der Waals surface area contributed by atoms with Crippen LogP contribution in [0.5, 0.6) is 5.75 Å². The first kappa shape index (κ1) is 13.6. The maximum Gasteiger partial charge on any atom is 0.122 e. The summed E-state index contributed by atoms with van der Waals surface area (Å²) < 4.78 is 5.42. The Morgan fingerprint density at radius 2 is 2.00 bits per heavy atom. The van der Waals surface area contributed by atoms with Gasteiger partial charge in [0.05, 0.1) is 24.8 Å². The molecule has 0 atom stereocenters. The second-order valence-electron chi connectivity index (χ2n) is 4.78. The molecule has 19 heavy (non-hydrogen) atoms. The molecule has 2 rings (SSSR count). The predicted octanol–water partition coefficient (Wildman–Crippen LogP) is 2.73. The lowest BCUT2D eigenvalue weighted by Gasteiger charge is -2.15. The highest BCUT2D eigenvalue weighted by Gasteiger charge is 2.16. The molecule has 1 aromatic carbocycles. The third-order valence-corrected chi connectivity index (χ3v) is 3.58. The highest BCUT2D eigenvalue weighted by Crippen LogP contribution is 2.34. The average Bonchev–Trinajstić information content (AvgIpc) is 2.83. The minimum absolute atomic E-state index is 0.777. The molecule has 0 spiro atoms. The normalized spacial score (nSPS) is 10.8. The van der Waals surface area contributed by atoms with Crippen LogP contribution in [0.25, 0.3) is 11.3 Å². The number of methoxy groups -OCH3 is 1. The minimum Gasteiger partial charge on any atom is -0.496 e. The molecule has 2 N–H and O–H groups in total. The van der Waals surface area contributed by atoms with Gasteiger partial charge in [-0.05, 0) is 50.6 Å². The Bertz CT molecular complexity index is 587. The molecule has 0 bridgehead atoms. The molecule has 0 radical (unpaired) electrons. The van der Waals surface area contributed by atoms with Crippen molar-refractivity contribution >= 4 is 0 Å². The summed E-state index contributed by atoms with van der Waals surface area (Å²) in [5.74, 6) is 0.935. The van der Waals surface area contributed by atoms with Crippen LogP contribution in [0.1, 0.15) is 22.4 Å². The third kappa shape index (κ3) is 2.36. The zero-order valence-electron chi connectivity index (χ0n) is 12.2. The molecule has 0 aliphatic carbocycles. The van der Waals surface area contributed by atoms with Gasteiger partial charge in [-0.3, -0.25) is 0 Å². The van der Waals surface area contributed by atoms with Gasteiger partial charge in [0.1, 0.15) is 5.75 Å². The number of imidazole rings is 1. The van der Waals surface area contributed by atoms with Crippen LogP contribution in [0.2, 0.25) is 0 Å². The fraction of sp³-hybridized carbons (Fsp3) is 0.400. The molecule has 2 aromatic rings. The van der Waals surface area contributed by atoms with Crippen molar-refractivity contribution in [3.63, 3.8) is 0 Å². The van der Waals surface area contributed by atoms with E-state index in [1.165, 1.54) is 22.3 Å². The Balaban J connectivity index is 2.62. The molecule has 102 valence electrons. The Kier molecular flexibility index (Phi) is 3.90. The Morgan fingerprint density at radius 3 is 2.63 bits per heavy atom. The summed E-state index contributed by atoms with van der Waals surface area (Å²) in [6.07, 6.45) is 1.75. The van der Waals surface area contributed by atoms with Crippen molar-refractivity contribution in [2.45, 2.75) is 27.3 Å². The zero-order valence-corrected chi connectivity index (χ0v) is 12.2. The number of benzene rings is 1. The molecule has 0 unspecified atom stereocenters. The summed E-state index contributed by atoms with van der Waals surface area (Å²) in [4.78, 5) is 7.69. The summed E-state index contributed by atoms with van der Waals surface area (Å²) in [6.45, 7) is 7.08. The van der Waals surface area contributed by atoms with Gasteiger partial charge in [0, 0.05) is 12.1 Å². The molecule has 0 saturated heterocycles. The molecular weight excluding hydrogens is 238 g/mol. The van der Waals surface area contributed by atoms with Crippen LogP contribution in [0.3, 0.4) is 0 Å². The Morgan fingerprint density at radius 1 is 1.26 bits per heavy atom. The first-order chi connectivity index (χ1) is 9.10. The number of nitrogens with zero attached hydrogens (tertiary/aromatic N) is 1. The molecule has 0 amide bonds. The summed E-state index contributed by atoms with van der Waals surface area (Å²) in [6, 6.07) is 2.08. The van der Waals surface area contributed by atoms with Crippen molar-refractivity contribution in [2.24, 2.45) is 0 Å². The first-order valence-corrected chi connectivity index (χ1v) is 6.42. The monoisotopic (exact) mass is 259 g/mol. The van der Waals surface area contributed by atoms with Crippen molar-refractivity contribution in [1.29, 1.82) is 0 Å². The number of aromatic amines is 1. The molecule has 1 aromatic heterocycles. The van der Waals surface area contributed by atoms with Gasteiger partial charge in [-0.15, -0.1) is 0 Å². The van der Waals surface area contributed by atoms with Crippen LogP contribution in [-0.2, 0) is 6.54 Å². The maximum absolute atomic E-state index is 5.42. The molecule has 0 fully saturated rings. The smallest absolute Gasteiger partial charge is 0.122 e. The van der Waals surface area contributed by atoms with Crippen LogP contribution >= 0.6 is 0 Å². The average molecular weight is 259 g/mol. The van der Waals surface area contributed by atoms with Gasteiger partial charge < -0.3 is 15.0 Å². The first-order valence-electron chi connectivity index (χ1n) is 6.42. The second-order valence-corrected chi connectivity index (χ2v) is 4.78. The van der Waals surface area contributed by atoms with E-state index in [0.29, 0.717) is 0 Å². The van der Waals surface area contributed by atoms with E-state index in [2.05, 4.69) is 42.1 Å². The molecular formula is C15H21N3O. The highest BCUT2D eigenvalue weighted by molar-refractivity contribution is 5.72. The quantitative estimate of drug-likeness (QED) is 0.887. The van der Waals surface area contributed by atoms with E-state index in [0.717, 1.165) is 23.7 Å². The van der Waals surface area contributed by atoms with Crippen molar-refractivity contribution in [1.82, 2.24) is 15.3 Å². The fourth-order valence-electron chi connectivity index (χ4n) is 2.47. The zero-order chi connectivity index (χ0) is 14.0. The number of ether oxygens (including phenoxy) is 1. The van der Waals surface area contributed by atoms with Crippen molar-refractivity contribution in [3.05, 3.63) is 34.8 Å². The highest BCUT2D eigenvalue weighted by atomic mass is 16.5. The van der Waals surface area contributed by atoms with Gasteiger partial charge in [0.25, 0.3) is 0 Å². The van der Waals surface area contributed by atoms with E-state index in [4.69, 9.17) is 4.74 Å². The number of aromatic nitrogens is 2. The topological polar surface area (TPSA) is 49.9 Å². The summed E-state index contributed by atoms with van der Waals surface area (Å²) in [7, 11) is 3.64. The van der Waals surface area contributed by atoms with E-state index < -0.39 is 0 Å². The van der Waals surface area contributed by atoms with E-state index in [1.54, 1.807) is 13.4 Å². The minimum atomic E-state index is 0.777. The van der Waals surface area contributed by atoms with Gasteiger partial charge in [-0.25, -0.2) is 4.98 Å². The maximum atomic E-state index is 5.42. The SMILES string of the molecule is CNCc1[nH]cnc1-c1c(C)cc(OC)c(C)c1C. The number of nitrogens with one attached hydrogen (secondary N) is 2. The largest absolute Gasteiger partial charge is 0.496 e. The molecule has 0 aliphatic rings. The van der Waals surface area contributed by atoms with Crippen molar-refractivity contribution in [2.75, 3.05) is 14.2 Å². The standard InChI is InChI=1S/C15H21N3O/c1-9-6-13(19-5)10(2)11(3)14(9)15-12(7-16-4)17-8-18-15/h6,8,16H,7H2,1-5H3,(H,17,18). The Hall–Kier alpha value is -1.81. The number of hydrogen-bond donors (Lipinski definition) is 2. The van der Waals surface area contributed by atoms with Crippen molar-refractivity contribution in [3.8, 4) is 17.0 Å². The number of aryl methyl sites for hydroxylation is 1. The molecule has 4 nitrogen and oxygen atoms in total. The molecule has 0 aliphatic heterocycles. The summed E-state index contributed by atoms with van der Waals surface area (Å²) >= 11 is 0. The second kappa shape index (κ2) is 5.45. The van der Waals surface area contributed by atoms with Crippen LogP contribution in [0, 0.1) is 20.8 Å². The third-order valence-electron chi connectivity index (χ3n) is 3.58. The van der Waals surface area contributed by atoms with E-state index in [-0.39, 0.29) is 0 Å². The van der Waals surface area contributed by atoms with Crippen LogP contribution in [-0.4, -0.2) is 24.1 Å². The van der Waals surface area contributed by atoms with E-state index in [1.807, 2.05) is 7.05 Å². The van der Waals surface area contributed by atoms with Gasteiger partial charge in [0.2, 0.25) is 0 Å². The van der Waals surface area contributed by atoms with Crippen molar-refractivity contribution < 1.29 is 4.74 Å². The fourth-order valence-corrected chi connectivity index (χ4v) is 2.47. The number of hydrogen-bond acceptors (Lipinski definition) is 3. The van der Waals surface area contributed by atoms with Crippen LogP contribution in [0.4, 0.5) is 0 Å². The van der Waals surface area contributed by atoms with E-state index in [9.17, 15) is 0 Å². The lowest BCUT2D eigenvalue weighted by molar-refractivity contribution is 0.411. The molecule has 0 saturated carbocycles. The van der Waals surface area contributed by atoms with Gasteiger partial charge >= 0.3 is 0 Å². The van der Waals surface area contributed by atoms with Gasteiger partial charge in [-0.1, -0.05) is 0 Å². The van der Waals surface area contributed by atoms with Crippen LogP contribution in [0.15, 0.2) is 12.4 Å². The summed E-state index contributed by atoms with van der Waals surface area (Å²) in [5, 5.41) is 3.16. The predicted molar refractivity (Wildman–Crippen MR) is 77.6 cm³/mol. The van der Waals surface area contributed by atoms with Crippen LogP contribution < -0.4 is 10.1 Å². The number of H-pyrrole nitrogens is 1.